The number of fused-ring (bicyclic) bond motifs is 1. The fourth-order valence-electron chi connectivity index (χ4n) is 3.52. The van der Waals surface area contributed by atoms with Gasteiger partial charge in [-0.3, -0.25) is 0 Å². The van der Waals surface area contributed by atoms with Crippen LogP contribution < -0.4 is 19.8 Å². The van der Waals surface area contributed by atoms with Crippen molar-refractivity contribution in [3.63, 3.8) is 0 Å². The third kappa shape index (κ3) is 9.16. The first-order chi connectivity index (χ1) is 16.7. The van der Waals surface area contributed by atoms with Crippen LogP contribution in [-0.2, 0) is 0 Å². The van der Waals surface area contributed by atoms with Crippen molar-refractivity contribution in [3.8, 4) is 17.2 Å². The monoisotopic (exact) mass is 480 g/mol. The van der Waals surface area contributed by atoms with E-state index in [0.717, 1.165) is 25.7 Å². The second kappa shape index (κ2) is 14.2. The molecule has 1 heterocycles. The van der Waals surface area contributed by atoms with Crippen LogP contribution >= 0.6 is 0 Å². The molecule has 0 unspecified atom stereocenters. The Morgan fingerprint density at radius 3 is 1.86 bits per heavy atom. The summed E-state index contributed by atoms with van der Waals surface area (Å²) in [5, 5.41) is 0.587. The van der Waals surface area contributed by atoms with Crippen LogP contribution in [0.3, 0.4) is 0 Å². The van der Waals surface area contributed by atoms with E-state index in [1.165, 1.54) is 22.3 Å². The lowest BCUT2D eigenvalue weighted by Gasteiger charge is -2.14. The molecular formula is C30H40O5. The van der Waals surface area contributed by atoms with Crippen molar-refractivity contribution >= 4 is 11.0 Å². The summed E-state index contributed by atoms with van der Waals surface area (Å²) >= 11 is 0. The van der Waals surface area contributed by atoms with Gasteiger partial charge in [-0.05, 0) is 91.5 Å². The predicted molar refractivity (Wildman–Crippen MR) is 145 cm³/mol. The van der Waals surface area contributed by atoms with Crippen LogP contribution in [0.5, 0.6) is 17.2 Å². The van der Waals surface area contributed by atoms with Crippen LogP contribution in [0.2, 0.25) is 0 Å². The quantitative estimate of drug-likeness (QED) is 0.215. The summed E-state index contributed by atoms with van der Waals surface area (Å²) in [6.07, 6.45) is 12.3. The highest BCUT2D eigenvalue weighted by molar-refractivity contribution is 5.91. The predicted octanol–water partition coefficient (Wildman–Crippen LogP) is 7.94. The van der Waals surface area contributed by atoms with Crippen LogP contribution in [0.4, 0.5) is 0 Å². The Morgan fingerprint density at radius 1 is 0.800 bits per heavy atom. The van der Waals surface area contributed by atoms with E-state index in [1.54, 1.807) is 19.2 Å². The van der Waals surface area contributed by atoms with Crippen LogP contribution in [0.25, 0.3) is 11.0 Å². The molecule has 1 aromatic carbocycles. The van der Waals surface area contributed by atoms with E-state index in [9.17, 15) is 4.79 Å². The molecule has 0 N–H and O–H groups in total. The summed E-state index contributed by atoms with van der Waals surface area (Å²) in [5.74, 6) is 0.965. The number of benzene rings is 1. The smallest absolute Gasteiger partial charge is 0.383 e. The number of hydrogen-bond donors (Lipinski definition) is 0. The zero-order valence-electron chi connectivity index (χ0n) is 22.3. The van der Waals surface area contributed by atoms with E-state index in [4.69, 9.17) is 18.6 Å². The lowest BCUT2D eigenvalue weighted by atomic mass is 10.1. The standard InChI is InChI=1S/C30H40O5/c1-21(2)11-8-13-23(5)17-19-33-28-27-25(32-7)15-10-16-26(27)35-30(31)29(28)34-20-18-24(6)14-9-12-22(3)4/h10-12,15-18H,8-9,13-14,19-20H2,1-7H3/b23-17+,24-18+. The molecule has 5 nitrogen and oxygen atoms in total. The highest BCUT2D eigenvalue weighted by atomic mass is 16.5. The molecule has 0 fully saturated rings. The summed E-state index contributed by atoms with van der Waals surface area (Å²) < 4.78 is 23.1. The number of rotatable bonds is 13. The Balaban J connectivity index is 2.29. The normalized spacial score (nSPS) is 11.9. The van der Waals surface area contributed by atoms with Crippen molar-refractivity contribution < 1.29 is 18.6 Å². The van der Waals surface area contributed by atoms with E-state index in [1.807, 2.05) is 18.2 Å². The number of allylic oxidation sites excluding steroid dienone is 6. The van der Waals surface area contributed by atoms with E-state index < -0.39 is 5.63 Å². The van der Waals surface area contributed by atoms with Crippen LogP contribution in [-0.4, -0.2) is 20.3 Å². The second-order valence-corrected chi connectivity index (χ2v) is 9.24. The second-order valence-electron chi connectivity index (χ2n) is 9.24. The zero-order valence-corrected chi connectivity index (χ0v) is 22.3. The fourth-order valence-corrected chi connectivity index (χ4v) is 3.52. The van der Waals surface area contributed by atoms with Crippen molar-refractivity contribution in [2.75, 3.05) is 20.3 Å². The Morgan fingerprint density at radius 2 is 1.34 bits per heavy atom. The molecule has 1 aromatic heterocycles. The van der Waals surface area contributed by atoms with E-state index in [0.29, 0.717) is 29.1 Å². The maximum Gasteiger partial charge on any atom is 0.383 e. The van der Waals surface area contributed by atoms with Gasteiger partial charge in [-0.2, -0.15) is 0 Å². The Hall–Kier alpha value is -3.21. The van der Waals surface area contributed by atoms with E-state index >= 15 is 0 Å². The minimum Gasteiger partial charge on any atom is -0.496 e. The summed E-state index contributed by atoms with van der Waals surface area (Å²) in [5.41, 5.74) is 4.86. The number of hydrogen-bond acceptors (Lipinski definition) is 5. The van der Waals surface area contributed by atoms with Crippen molar-refractivity contribution in [1.82, 2.24) is 0 Å². The molecule has 35 heavy (non-hydrogen) atoms. The average Bonchev–Trinajstić information content (AvgIpc) is 2.79. The van der Waals surface area contributed by atoms with Gasteiger partial charge in [-0.25, -0.2) is 4.79 Å². The Bertz CT molecular complexity index is 1150. The maximum absolute atomic E-state index is 12.8. The number of ether oxygens (including phenoxy) is 3. The molecule has 0 bridgehead atoms. The van der Waals surface area contributed by atoms with Gasteiger partial charge < -0.3 is 18.6 Å². The molecule has 0 atom stereocenters. The topological polar surface area (TPSA) is 57.9 Å². The molecule has 0 saturated carbocycles. The van der Waals surface area contributed by atoms with Crippen molar-refractivity contribution in [1.29, 1.82) is 0 Å². The molecule has 0 saturated heterocycles. The first kappa shape index (κ1) is 28.0. The Kier molecular flexibility index (Phi) is 11.4. The van der Waals surface area contributed by atoms with Gasteiger partial charge in [0.25, 0.3) is 0 Å². The lowest BCUT2D eigenvalue weighted by molar-refractivity contribution is 0.294. The SMILES string of the molecule is COc1cccc2oc(=O)c(OC/C=C(\C)CCC=C(C)C)c(OC/C=C(\C)CCC=C(C)C)c12. The highest BCUT2D eigenvalue weighted by Gasteiger charge is 2.20. The van der Waals surface area contributed by atoms with Gasteiger partial charge >= 0.3 is 5.63 Å². The highest BCUT2D eigenvalue weighted by Crippen LogP contribution is 2.38. The molecule has 2 rings (SSSR count). The Labute approximate surface area is 209 Å². The molecule has 5 heteroatoms. The first-order valence-corrected chi connectivity index (χ1v) is 12.2. The zero-order chi connectivity index (χ0) is 25.8. The fraction of sp³-hybridized carbons (Fsp3) is 0.433. The van der Waals surface area contributed by atoms with Crippen molar-refractivity contribution in [2.45, 2.75) is 67.2 Å². The van der Waals surface area contributed by atoms with E-state index in [2.05, 4.69) is 53.7 Å². The van der Waals surface area contributed by atoms with E-state index in [-0.39, 0.29) is 12.4 Å². The third-order valence-electron chi connectivity index (χ3n) is 5.53. The molecular weight excluding hydrogens is 440 g/mol. The van der Waals surface area contributed by atoms with Gasteiger partial charge in [0.15, 0.2) is 5.75 Å². The molecule has 0 amide bonds. The summed E-state index contributed by atoms with van der Waals surface area (Å²) in [6, 6.07) is 5.32. The lowest BCUT2D eigenvalue weighted by Crippen LogP contribution is -2.11. The van der Waals surface area contributed by atoms with Gasteiger partial charge in [0.1, 0.15) is 29.9 Å². The van der Waals surface area contributed by atoms with Gasteiger partial charge in [0.05, 0.1) is 7.11 Å². The molecule has 0 aliphatic rings. The largest absolute Gasteiger partial charge is 0.496 e. The molecule has 0 aliphatic heterocycles. The van der Waals surface area contributed by atoms with Gasteiger partial charge in [0, 0.05) is 0 Å². The maximum atomic E-state index is 12.8. The molecule has 0 spiro atoms. The van der Waals surface area contributed by atoms with Gasteiger partial charge in [-0.15, -0.1) is 0 Å². The summed E-state index contributed by atoms with van der Waals surface area (Å²) in [6.45, 7) is 13.1. The molecule has 0 aliphatic carbocycles. The van der Waals surface area contributed by atoms with Gasteiger partial charge in [-0.1, -0.05) is 40.5 Å². The summed E-state index contributed by atoms with van der Waals surface area (Å²) in [7, 11) is 1.58. The summed E-state index contributed by atoms with van der Waals surface area (Å²) in [4.78, 5) is 12.8. The van der Waals surface area contributed by atoms with Crippen LogP contribution in [0.1, 0.15) is 67.2 Å². The van der Waals surface area contributed by atoms with Crippen LogP contribution in [0, 0.1) is 0 Å². The molecule has 0 radical (unpaired) electrons. The third-order valence-corrected chi connectivity index (χ3v) is 5.53. The molecule has 2 aromatic rings. The number of methoxy groups -OCH3 is 1. The minimum atomic E-state index is -0.569. The van der Waals surface area contributed by atoms with Crippen LogP contribution in [0.15, 0.2) is 74.0 Å². The van der Waals surface area contributed by atoms with Crippen molar-refractivity contribution in [2.24, 2.45) is 0 Å². The minimum absolute atomic E-state index is 0.0611. The van der Waals surface area contributed by atoms with Gasteiger partial charge in [0.2, 0.25) is 5.75 Å². The molecule has 190 valence electrons. The van der Waals surface area contributed by atoms with Crippen molar-refractivity contribution in [3.05, 3.63) is 75.2 Å². The average molecular weight is 481 g/mol. The first-order valence-electron chi connectivity index (χ1n) is 12.2.